The number of carbonyl (C=O) groups excluding carboxylic acids is 1. The van der Waals surface area contributed by atoms with E-state index in [1.807, 2.05) is 0 Å². The van der Waals surface area contributed by atoms with Crippen molar-refractivity contribution in [3.63, 3.8) is 0 Å². The molecule has 0 spiro atoms. The highest BCUT2D eigenvalue weighted by Crippen LogP contribution is 2.18. The number of esters is 1. The molecule has 0 atom stereocenters. The number of hydrogen-bond donors (Lipinski definition) is 0. The molecule has 88 valence electrons. The van der Waals surface area contributed by atoms with Crippen molar-refractivity contribution in [1.82, 2.24) is 4.73 Å². The van der Waals surface area contributed by atoms with Crippen LogP contribution >= 0.6 is 0 Å². The summed E-state index contributed by atoms with van der Waals surface area (Å²) in [6.07, 6.45) is 1.28. The summed E-state index contributed by atoms with van der Waals surface area (Å²) in [5.41, 5.74) is 0.203. The lowest BCUT2D eigenvalue weighted by molar-refractivity contribution is -0.482. The molecular formula is C11H10N2O4. The molecular weight excluding hydrogens is 224 g/mol. The number of pyridine rings is 2. The van der Waals surface area contributed by atoms with Gasteiger partial charge in [0.05, 0.1) is 11.0 Å². The zero-order valence-electron chi connectivity index (χ0n) is 9.12. The molecule has 0 fully saturated rings. The molecule has 0 aromatic heterocycles. The van der Waals surface area contributed by atoms with Crippen LogP contribution in [0.1, 0.15) is 17.4 Å². The Morgan fingerprint density at radius 2 is 2.24 bits per heavy atom. The fourth-order valence-electron chi connectivity index (χ4n) is 1.53. The Hall–Kier alpha value is -2.37. The van der Waals surface area contributed by atoms with E-state index < -0.39 is 5.97 Å². The van der Waals surface area contributed by atoms with Gasteiger partial charge in [-0.3, -0.25) is 0 Å². The summed E-state index contributed by atoms with van der Waals surface area (Å²) < 4.78 is 5.72. The van der Waals surface area contributed by atoms with Crippen molar-refractivity contribution in [2.45, 2.75) is 6.92 Å². The van der Waals surface area contributed by atoms with Gasteiger partial charge in [-0.05, 0) is 19.1 Å². The largest absolute Gasteiger partial charge is 0.805 e. The third-order valence-electron chi connectivity index (χ3n) is 2.30. The third-order valence-corrected chi connectivity index (χ3v) is 2.30. The Morgan fingerprint density at radius 1 is 1.47 bits per heavy atom. The van der Waals surface area contributed by atoms with Crippen molar-refractivity contribution in [3.8, 4) is 11.4 Å². The summed E-state index contributed by atoms with van der Waals surface area (Å²) in [5, 5.41) is 11.9. The first-order valence-electron chi connectivity index (χ1n) is 5.06. The van der Waals surface area contributed by atoms with Gasteiger partial charge in [0.25, 0.3) is 5.69 Å². The molecule has 0 saturated carbocycles. The molecule has 2 aliphatic rings. The van der Waals surface area contributed by atoms with Gasteiger partial charge < -0.3 is 14.7 Å². The number of carbonyl (C=O) groups is 1. The van der Waals surface area contributed by atoms with E-state index in [4.69, 9.17) is 4.74 Å². The molecule has 0 radical (unpaired) electrons. The van der Waals surface area contributed by atoms with Crippen molar-refractivity contribution < 1.29 is 14.0 Å². The van der Waals surface area contributed by atoms with Crippen LogP contribution in [0.4, 0.5) is 0 Å². The standard InChI is InChI=1S/C11H10N2O4/c1-2-17-11(14)10-6-5-8-9(13(10)16)4-3-7-12(8)15/h3-7H,2H2,1H3. The summed E-state index contributed by atoms with van der Waals surface area (Å²) in [7, 11) is 0. The Labute approximate surface area is 96.6 Å². The molecule has 0 unspecified atom stereocenters. The summed E-state index contributed by atoms with van der Waals surface area (Å²) >= 11 is 0. The van der Waals surface area contributed by atoms with Crippen LogP contribution in [0.3, 0.4) is 0 Å². The summed E-state index contributed by atoms with van der Waals surface area (Å²) in [5.74, 6) is -0.703. The molecule has 0 bridgehead atoms. The number of hydrogen-bond acceptors (Lipinski definition) is 4. The van der Waals surface area contributed by atoms with Gasteiger partial charge in [-0.2, -0.15) is 0 Å². The first-order chi connectivity index (χ1) is 8.15. The predicted molar refractivity (Wildman–Crippen MR) is 59.1 cm³/mol. The second kappa shape index (κ2) is 4.25. The zero-order valence-corrected chi connectivity index (χ0v) is 9.12. The second-order valence-corrected chi connectivity index (χ2v) is 3.34. The Morgan fingerprint density at radius 3 is 2.94 bits per heavy atom. The molecule has 6 nitrogen and oxygen atoms in total. The van der Waals surface area contributed by atoms with E-state index in [2.05, 4.69) is 0 Å². The van der Waals surface area contributed by atoms with Gasteiger partial charge in [-0.25, -0.2) is 4.79 Å². The minimum Gasteiger partial charge on any atom is -0.805 e. The smallest absolute Gasteiger partial charge is 0.354 e. The number of ether oxygens (including phenoxy) is 1. The molecule has 2 heterocycles. The first-order valence-corrected chi connectivity index (χ1v) is 5.06. The highest BCUT2D eigenvalue weighted by Gasteiger charge is 2.18. The molecule has 0 aromatic rings. The summed E-state index contributed by atoms with van der Waals surface area (Å²) in [4.78, 5) is 22.9. The van der Waals surface area contributed by atoms with Crippen molar-refractivity contribution in [3.05, 3.63) is 46.3 Å². The SMILES string of the molecule is CCOC(=O)c1ccc2[n+](=O)cccc-2n1[O-]. The summed E-state index contributed by atoms with van der Waals surface area (Å²) in [6.45, 7) is 1.84. The molecule has 2 aliphatic heterocycles. The molecule has 0 aromatic carbocycles. The fraction of sp³-hybridized carbons (Fsp3) is 0.182. The zero-order chi connectivity index (χ0) is 12.4. The van der Waals surface area contributed by atoms with Crippen LogP contribution in [0.15, 0.2) is 30.5 Å². The van der Waals surface area contributed by atoms with E-state index in [9.17, 15) is 14.9 Å². The Kier molecular flexibility index (Phi) is 2.78. The lowest BCUT2D eigenvalue weighted by atomic mass is 10.2. The third kappa shape index (κ3) is 1.84. The Bertz CT molecular complexity index is 591. The monoisotopic (exact) mass is 234 g/mol. The molecule has 2 rings (SSSR count). The molecule has 0 N–H and O–H groups in total. The van der Waals surface area contributed by atoms with E-state index in [1.54, 1.807) is 6.92 Å². The van der Waals surface area contributed by atoms with Gasteiger partial charge in [-0.15, -0.1) is 0 Å². The van der Waals surface area contributed by atoms with Gasteiger partial charge in [0.15, 0.2) is 0 Å². The van der Waals surface area contributed by atoms with Crippen molar-refractivity contribution in [1.29, 1.82) is 0 Å². The minimum absolute atomic E-state index is 0.132. The van der Waals surface area contributed by atoms with Gasteiger partial charge in [0, 0.05) is 17.0 Å². The van der Waals surface area contributed by atoms with Crippen molar-refractivity contribution in [2.75, 3.05) is 6.61 Å². The number of aromatic nitrogens is 2. The van der Waals surface area contributed by atoms with Gasteiger partial charge >= 0.3 is 5.97 Å². The van der Waals surface area contributed by atoms with Crippen LogP contribution in [-0.4, -0.2) is 17.3 Å². The molecule has 0 amide bonds. The van der Waals surface area contributed by atoms with Gasteiger partial charge in [0.1, 0.15) is 11.4 Å². The minimum atomic E-state index is -0.703. The van der Waals surface area contributed by atoms with E-state index in [0.29, 0.717) is 9.16 Å². The quantitative estimate of drug-likeness (QED) is 0.574. The van der Waals surface area contributed by atoms with Crippen molar-refractivity contribution >= 4 is 5.97 Å². The topological polar surface area (TPSA) is 77.3 Å². The van der Waals surface area contributed by atoms with Crippen LogP contribution in [0.2, 0.25) is 0 Å². The van der Waals surface area contributed by atoms with Crippen molar-refractivity contribution in [2.24, 2.45) is 0 Å². The van der Waals surface area contributed by atoms with Crippen LogP contribution in [0.25, 0.3) is 11.4 Å². The number of fused-ring (bicyclic) bond motifs is 1. The van der Waals surface area contributed by atoms with Crippen LogP contribution in [0.5, 0.6) is 0 Å². The van der Waals surface area contributed by atoms with Gasteiger partial charge in [-0.1, -0.05) is 0 Å². The molecule has 0 saturated heterocycles. The maximum Gasteiger partial charge on any atom is 0.354 e. The van der Waals surface area contributed by atoms with Gasteiger partial charge in [0.2, 0.25) is 6.20 Å². The Balaban J connectivity index is 2.62. The maximum absolute atomic E-state index is 11.9. The average Bonchev–Trinajstić information content (AvgIpc) is 2.31. The highest BCUT2D eigenvalue weighted by atomic mass is 16.5. The predicted octanol–water partition coefficient (Wildman–Crippen LogP) is 1.03. The summed E-state index contributed by atoms with van der Waals surface area (Å²) in [6, 6.07) is 5.61. The molecule has 17 heavy (non-hydrogen) atoms. The lowest BCUT2D eigenvalue weighted by Crippen LogP contribution is -2.22. The van der Waals surface area contributed by atoms with E-state index in [-0.39, 0.29) is 23.7 Å². The van der Waals surface area contributed by atoms with Crippen LogP contribution in [-0.2, 0) is 4.74 Å². The average molecular weight is 234 g/mol. The maximum atomic E-state index is 11.9. The number of rotatable bonds is 2. The van der Waals surface area contributed by atoms with Crippen LogP contribution in [0, 0.1) is 10.1 Å². The van der Waals surface area contributed by atoms with E-state index in [0.717, 1.165) is 0 Å². The fourth-order valence-corrected chi connectivity index (χ4v) is 1.53. The molecule has 0 aliphatic carbocycles. The van der Waals surface area contributed by atoms with E-state index >= 15 is 0 Å². The first kappa shape index (κ1) is 11.1. The van der Waals surface area contributed by atoms with Crippen LogP contribution < -0.4 is 4.43 Å². The lowest BCUT2D eigenvalue weighted by Gasteiger charge is -2.19. The normalized spacial score (nSPS) is 10.4. The molecule has 6 heteroatoms. The number of nitrogens with zero attached hydrogens (tertiary/aromatic N) is 2. The second-order valence-electron chi connectivity index (χ2n) is 3.34. The highest BCUT2D eigenvalue weighted by molar-refractivity contribution is 5.88. The van der Waals surface area contributed by atoms with E-state index in [1.165, 1.54) is 30.5 Å².